The summed E-state index contributed by atoms with van der Waals surface area (Å²) in [7, 11) is 0. The van der Waals surface area contributed by atoms with Crippen molar-refractivity contribution in [2.24, 2.45) is 0 Å². The average Bonchev–Trinajstić information content (AvgIpc) is 2.77. The Bertz CT molecular complexity index is 453. The maximum atomic E-state index is 10.8. The molecule has 0 bridgehead atoms. The highest BCUT2D eigenvalue weighted by Crippen LogP contribution is 2.28. The molecule has 0 aromatic carbocycles. The molecule has 98 valence electrons. The predicted molar refractivity (Wildman–Crippen MR) is 74.4 cm³/mol. The minimum atomic E-state index is -0.379. The average molecular weight is 267 g/mol. The van der Waals surface area contributed by atoms with Crippen molar-refractivity contribution in [2.45, 2.75) is 25.8 Å². The molecule has 0 N–H and O–H groups in total. The highest BCUT2D eigenvalue weighted by molar-refractivity contribution is 7.98. The second kappa shape index (κ2) is 5.56. The molecular weight excluding hydrogens is 250 g/mol. The summed E-state index contributed by atoms with van der Waals surface area (Å²) < 4.78 is 0. The zero-order valence-corrected chi connectivity index (χ0v) is 11.4. The van der Waals surface area contributed by atoms with Crippen LogP contribution in [0, 0.1) is 17.0 Å². The van der Waals surface area contributed by atoms with Gasteiger partial charge in [-0.3, -0.25) is 10.1 Å². The third kappa shape index (κ3) is 2.58. The zero-order chi connectivity index (χ0) is 13.1. The summed E-state index contributed by atoms with van der Waals surface area (Å²) in [5, 5.41) is 10.8. The lowest BCUT2D eigenvalue weighted by Crippen LogP contribution is -2.31. The summed E-state index contributed by atoms with van der Waals surface area (Å²) in [6.45, 7) is 2.76. The second-order valence-corrected chi connectivity index (χ2v) is 5.44. The SMILES string of the molecule is CSCC1CCCN1c1cc(C)c([N+](=O)[O-])cn1. The monoisotopic (exact) mass is 267 g/mol. The van der Waals surface area contributed by atoms with Gasteiger partial charge in [0.25, 0.3) is 5.69 Å². The van der Waals surface area contributed by atoms with E-state index in [9.17, 15) is 10.1 Å². The van der Waals surface area contributed by atoms with Gasteiger partial charge in [-0.15, -0.1) is 0 Å². The minimum Gasteiger partial charge on any atom is -0.353 e. The van der Waals surface area contributed by atoms with Crippen molar-refractivity contribution in [3.8, 4) is 0 Å². The molecule has 1 atom stereocenters. The first kappa shape index (κ1) is 13.1. The van der Waals surface area contributed by atoms with Gasteiger partial charge >= 0.3 is 0 Å². The van der Waals surface area contributed by atoms with Crippen LogP contribution in [-0.2, 0) is 0 Å². The molecule has 1 aromatic heterocycles. The van der Waals surface area contributed by atoms with Gasteiger partial charge in [-0.05, 0) is 32.1 Å². The summed E-state index contributed by atoms with van der Waals surface area (Å²) >= 11 is 1.83. The predicted octanol–water partition coefficient (Wildman–Crippen LogP) is 2.63. The van der Waals surface area contributed by atoms with Crippen molar-refractivity contribution in [3.05, 3.63) is 27.9 Å². The third-order valence-corrected chi connectivity index (χ3v) is 4.01. The molecule has 0 radical (unpaired) electrons. The van der Waals surface area contributed by atoms with Crippen LogP contribution in [-0.4, -0.2) is 34.5 Å². The Morgan fingerprint density at radius 2 is 2.44 bits per heavy atom. The first-order valence-electron chi connectivity index (χ1n) is 6.00. The smallest absolute Gasteiger partial charge is 0.290 e. The van der Waals surface area contributed by atoms with Gasteiger partial charge in [-0.2, -0.15) is 11.8 Å². The van der Waals surface area contributed by atoms with Crippen LogP contribution in [0.5, 0.6) is 0 Å². The number of hydrogen-bond donors (Lipinski definition) is 0. The molecule has 1 unspecified atom stereocenters. The number of thioether (sulfide) groups is 1. The fraction of sp³-hybridized carbons (Fsp3) is 0.583. The molecule has 0 aliphatic carbocycles. The normalized spacial score (nSPS) is 19.2. The molecule has 2 heterocycles. The summed E-state index contributed by atoms with van der Waals surface area (Å²) in [6, 6.07) is 2.34. The molecule has 1 aliphatic rings. The fourth-order valence-corrected chi connectivity index (χ4v) is 3.12. The van der Waals surface area contributed by atoms with Gasteiger partial charge in [0.15, 0.2) is 0 Å². The molecule has 0 saturated carbocycles. The number of rotatable bonds is 4. The van der Waals surface area contributed by atoms with Gasteiger partial charge in [-0.25, -0.2) is 4.98 Å². The Hall–Kier alpha value is -1.30. The maximum absolute atomic E-state index is 10.8. The quantitative estimate of drug-likeness (QED) is 0.620. The van der Waals surface area contributed by atoms with E-state index in [4.69, 9.17) is 0 Å². The van der Waals surface area contributed by atoms with E-state index in [-0.39, 0.29) is 10.6 Å². The van der Waals surface area contributed by atoms with Gasteiger partial charge in [0, 0.05) is 23.9 Å². The van der Waals surface area contributed by atoms with E-state index in [1.165, 1.54) is 19.0 Å². The number of nitrogens with zero attached hydrogens (tertiary/aromatic N) is 3. The second-order valence-electron chi connectivity index (χ2n) is 4.53. The number of nitro groups is 1. The molecular formula is C12H17N3O2S. The number of aromatic nitrogens is 1. The Morgan fingerprint density at radius 1 is 1.67 bits per heavy atom. The van der Waals surface area contributed by atoms with Crippen molar-refractivity contribution in [1.82, 2.24) is 4.98 Å². The Morgan fingerprint density at radius 3 is 3.06 bits per heavy atom. The van der Waals surface area contributed by atoms with Crippen molar-refractivity contribution in [2.75, 3.05) is 23.5 Å². The molecule has 1 aliphatic heterocycles. The largest absolute Gasteiger partial charge is 0.353 e. The van der Waals surface area contributed by atoms with E-state index in [0.29, 0.717) is 11.6 Å². The molecule has 6 heteroatoms. The molecule has 18 heavy (non-hydrogen) atoms. The summed E-state index contributed by atoms with van der Waals surface area (Å²) in [5.74, 6) is 1.95. The summed E-state index contributed by atoms with van der Waals surface area (Å²) in [6.07, 6.45) is 5.83. The lowest BCUT2D eigenvalue weighted by atomic mass is 10.2. The van der Waals surface area contributed by atoms with Crippen LogP contribution in [0.4, 0.5) is 11.5 Å². The lowest BCUT2D eigenvalue weighted by molar-refractivity contribution is -0.385. The molecule has 2 rings (SSSR count). The van der Waals surface area contributed by atoms with Crippen molar-refractivity contribution >= 4 is 23.3 Å². The lowest BCUT2D eigenvalue weighted by Gasteiger charge is -2.25. The molecule has 1 fully saturated rings. The van der Waals surface area contributed by atoms with Gasteiger partial charge in [0.1, 0.15) is 12.0 Å². The molecule has 0 amide bonds. The van der Waals surface area contributed by atoms with Crippen molar-refractivity contribution in [1.29, 1.82) is 0 Å². The molecule has 1 saturated heterocycles. The van der Waals surface area contributed by atoms with Crippen molar-refractivity contribution < 1.29 is 4.92 Å². The van der Waals surface area contributed by atoms with Crippen LogP contribution >= 0.6 is 11.8 Å². The summed E-state index contributed by atoms with van der Waals surface area (Å²) in [4.78, 5) is 16.9. The number of anilines is 1. The number of hydrogen-bond acceptors (Lipinski definition) is 5. The fourth-order valence-electron chi connectivity index (χ4n) is 2.39. The van der Waals surface area contributed by atoms with Gasteiger partial charge in [0.05, 0.1) is 4.92 Å². The van der Waals surface area contributed by atoms with Crippen LogP contribution in [0.1, 0.15) is 18.4 Å². The van der Waals surface area contributed by atoms with E-state index in [1.807, 2.05) is 17.8 Å². The Labute approximate surface area is 111 Å². The Kier molecular flexibility index (Phi) is 4.06. The van der Waals surface area contributed by atoms with E-state index < -0.39 is 0 Å². The van der Waals surface area contributed by atoms with Crippen molar-refractivity contribution in [3.63, 3.8) is 0 Å². The highest BCUT2D eigenvalue weighted by Gasteiger charge is 2.26. The van der Waals surface area contributed by atoms with E-state index in [1.54, 1.807) is 6.92 Å². The van der Waals surface area contributed by atoms with E-state index in [2.05, 4.69) is 16.1 Å². The molecule has 5 nitrogen and oxygen atoms in total. The van der Waals surface area contributed by atoms with Gasteiger partial charge in [0.2, 0.25) is 0 Å². The van der Waals surface area contributed by atoms with Crippen LogP contribution in [0.15, 0.2) is 12.3 Å². The van der Waals surface area contributed by atoms with Gasteiger partial charge in [-0.1, -0.05) is 0 Å². The topological polar surface area (TPSA) is 59.3 Å². The Balaban J connectivity index is 2.23. The van der Waals surface area contributed by atoms with E-state index >= 15 is 0 Å². The van der Waals surface area contributed by atoms with Crippen LogP contribution < -0.4 is 4.90 Å². The first-order chi connectivity index (χ1) is 8.63. The third-order valence-electron chi connectivity index (χ3n) is 3.30. The number of pyridine rings is 1. The first-order valence-corrected chi connectivity index (χ1v) is 7.39. The van der Waals surface area contributed by atoms with Crippen LogP contribution in [0.2, 0.25) is 0 Å². The standard InChI is InChI=1S/C12H17N3O2S/c1-9-6-12(13-7-11(9)15(16)17)14-5-3-4-10(14)8-18-2/h6-7,10H,3-5,8H2,1-2H3. The van der Waals surface area contributed by atoms with Crippen LogP contribution in [0.3, 0.4) is 0 Å². The zero-order valence-electron chi connectivity index (χ0n) is 10.6. The van der Waals surface area contributed by atoms with E-state index in [0.717, 1.165) is 18.1 Å². The van der Waals surface area contributed by atoms with Gasteiger partial charge < -0.3 is 4.90 Å². The highest BCUT2D eigenvalue weighted by atomic mass is 32.2. The minimum absolute atomic E-state index is 0.0966. The molecule has 0 spiro atoms. The summed E-state index contributed by atoms with van der Waals surface area (Å²) in [5.41, 5.74) is 0.777. The van der Waals surface area contributed by atoms with Crippen LogP contribution in [0.25, 0.3) is 0 Å². The molecule has 1 aromatic rings. The maximum Gasteiger partial charge on any atom is 0.290 e. The number of aryl methyl sites for hydroxylation is 1.